The van der Waals surface area contributed by atoms with E-state index in [0.717, 1.165) is 18.5 Å². The Morgan fingerprint density at radius 3 is 2.89 bits per heavy atom. The van der Waals surface area contributed by atoms with Crippen molar-refractivity contribution in [2.45, 2.75) is 26.0 Å². The Morgan fingerprint density at radius 1 is 1.47 bits per heavy atom. The molecule has 1 amide bonds. The molecule has 0 saturated heterocycles. The van der Waals surface area contributed by atoms with Crippen molar-refractivity contribution >= 4 is 5.91 Å². The molecule has 1 aromatic carbocycles. The summed E-state index contributed by atoms with van der Waals surface area (Å²) in [4.78, 5) is 11.3. The van der Waals surface area contributed by atoms with Crippen LogP contribution in [0.3, 0.4) is 0 Å². The first-order chi connectivity index (χ1) is 9.17. The van der Waals surface area contributed by atoms with Crippen LogP contribution >= 0.6 is 0 Å². The molecule has 0 spiro atoms. The fraction of sp³-hybridized carbons (Fsp3) is 0.500. The van der Waals surface area contributed by atoms with E-state index in [4.69, 9.17) is 15.2 Å². The van der Waals surface area contributed by atoms with E-state index in [1.807, 2.05) is 31.2 Å². The molecule has 1 aromatic rings. The van der Waals surface area contributed by atoms with Gasteiger partial charge in [0.25, 0.3) is 0 Å². The first-order valence-electron chi connectivity index (χ1n) is 6.40. The van der Waals surface area contributed by atoms with Crippen LogP contribution < -0.4 is 15.8 Å². The van der Waals surface area contributed by atoms with Crippen molar-refractivity contribution in [3.63, 3.8) is 0 Å². The molecule has 19 heavy (non-hydrogen) atoms. The fourth-order valence-electron chi connectivity index (χ4n) is 1.63. The average molecular weight is 266 g/mol. The number of hydrogen-bond acceptors (Lipinski definition) is 4. The topological polar surface area (TPSA) is 73.6 Å². The summed E-state index contributed by atoms with van der Waals surface area (Å²) in [6.07, 6.45) is 0.938. The van der Waals surface area contributed by atoms with Gasteiger partial charge in [-0.05, 0) is 30.7 Å². The van der Waals surface area contributed by atoms with Gasteiger partial charge in [-0.2, -0.15) is 0 Å². The molecule has 5 nitrogen and oxygen atoms in total. The van der Waals surface area contributed by atoms with Crippen molar-refractivity contribution in [1.29, 1.82) is 0 Å². The third-order valence-corrected chi connectivity index (χ3v) is 2.61. The number of hydrogen-bond donors (Lipinski definition) is 2. The molecule has 0 aliphatic heterocycles. The van der Waals surface area contributed by atoms with Crippen molar-refractivity contribution in [1.82, 2.24) is 5.32 Å². The minimum atomic E-state index is -0.467. The Kier molecular flexibility index (Phi) is 6.92. The van der Waals surface area contributed by atoms with E-state index in [-0.39, 0.29) is 6.61 Å². The van der Waals surface area contributed by atoms with Crippen LogP contribution in [0.2, 0.25) is 0 Å². The highest BCUT2D eigenvalue weighted by atomic mass is 16.5. The van der Waals surface area contributed by atoms with E-state index in [2.05, 4.69) is 5.32 Å². The number of ether oxygens (including phenoxy) is 2. The van der Waals surface area contributed by atoms with E-state index >= 15 is 0 Å². The zero-order valence-electron chi connectivity index (χ0n) is 11.5. The molecule has 0 aromatic heterocycles. The van der Waals surface area contributed by atoms with Crippen LogP contribution in [-0.4, -0.2) is 32.2 Å². The lowest BCUT2D eigenvalue weighted by atomic mass is 10.2. The van der Waals surface area contributed by atoms with Crippen LogP contribution in [0.1, 0.15) is 18.9 Å². The highest BCUT2D eigenvalue weighted by molar-refractivity contribution is 5.80. The van der Waals surface area contributed by atoms with Crippen LogP contribution in [-0.2, 0) is 16.1 Å². The highest BCUT2D eigenvalue weighted by Crippen LogP contribution is 2.14. The van der Waals surface area contributed by atoms with Gasteiger partial charge in [-0.1, -0.05) is 19.1 Å². The minimum Gasteiger partial charge on any atom is -0.491 e. The summed E-state index contributed by atoms with van der Waals surface area (Å²) < 4.78 is 10.7. The standard InChI is InChI=1S/C14H22N2O3/c1-3-7-16-13(14(15)17)10-19-12-6-4-5-11(8-12)9-18-2/h4-6,8,13,16H,3,7,9-10H2,1-2H3,(H2,15,17). The minimum absolute atomic E-state index is 0.228. The highest BCUT2D eigenvalue weighted by Gasteiger charge is 2.14. The number of carbonyl (C=O) groups is 1. The van der Waals surface area contributed by atoms with Crippen molar-refractivity contribution < 1.29 is 14.3 Å². The number of carbonyl (C=O) groups excluding carboxylic acids is 1. The Morgan fingerprint density at radius 2 is 2.26 bits per heavy atom. The summed E-state index contributed by atoms with van der Waals surface area (Å²) in [5.74, 6) is 0.306. The Bertz CT molecular complexity index is 396. The molecule has 106 valence electrons. The van der Waals surface area contributed by atoms with Gasteiger partial charge in [-0.3, -0.25) is 4.79 Å². The fourth-order valence-corrected chi connectivity index (χ4v) is 1.63. The molecule has 0 saturated carbocycles. The van der Waals surface area contributed by atoms with Crippen LogP contribution in [0.5, 0.6) is 5.75 Å². The van der Waals surface area contributed by atoms with Crippen molar-refractivity contribution in [3.05, 3.63) is 29.8 Å². The molecule has 0 aliphatic rings. The van der Waals surface area contributed by atoms with Crippen LogP contribution in [0.4, 0.5) is 0 Å². The number of benzene rings is 1. The van der Waals surface area contributed by atoms with Gasteiger partial charge in [0.1, 0.15) is 18.4 Å². The number of nitrogens with one attached hydrogen (secondary N) is 1. The van der Waals surface area contributed by atoms with Crippen LogP contribution in [0.25, 0.3) is 0 Å². The number of rotatable bonds is 9. The summed E-state index contributed by atoms with van der Waals surface area (Å²) in [7, 11) is 1.64. The third kappa shape index (κ3) is 5.72. The maximum absolute atomic E-state index is 11.3. The molecular weight excluding hydrogens is 244 g/mol. The van der Waals surface area contributed by atoms with E-state index in [1.165, 1.54) is 0 Å². The largest absolute Gasteiger partial charge is 0.491 e. The number of methoxy groups -OCH3 is 1. The molecule has 0 bridgehead atoms. The lowest BCUT2D eigenvalue weighted by Crippen LogP contribution is -2.45. The number of nitrogens with two attached hydrogens (primary N) is 1. The summed E-state index contributed by atoms with van der Waals surface area (Å²) >= 11 is 0. The number of amides is 1. The summed E-state index contributed by atoms with van der Waals surface area (Å²) in [5.41, 5.74) is 6.34. The van der Waals surface area contributed by atoms with E-state index < -0.39 is 11.9 Å². The Balaban J connectivity index is 2.53. The van der Waals surface area contributed by atoms with Gasteiger partial charge in [-0.25, -0.2) is 0 Å². The predicted molar refractivity (Wildman–Crippen MR) is 73.9 cm³/mol. The summed E-state index contributed by atoms with van der Waals surface area (Å²) in [5, 5.41) is 3.05. The Hall–Kier alpha value is -1.59. The first-order valence-corrected chi connectivity index (χ1v) is 6.40. The summed E-state index contributed by atoms with van der Waals surface area (Å²) in [6, 6.07) is 7.11. The molecular formula is C14H22N2O3. The molecule has 3 N–H and O–H groups in total. The van der Waals surface area contributed by atoms with Crippen molar-refractivity contribution in [3.8, 4) is 5.75 Å². The smallest absolute Gasteiger partial charge is 0.238 e. The maximum atomic E-state index is 11.3. The lowest BCUT2D eigenvalue weighted by Gasteiger charge is -2.16. The molecule has 0 heterocycles. The van der Waals surface area contributed by atoms with E-state index in [0.29, 0.717) is 12.4 Å². The summed E-state index contributed by atoms with van der Waals surface area (Å²) in [6.45, 7) is 3.52. The molecule has 0 aliphatic carbocycles. The molecule has 1 rings (SSSR count). The maximum Gasteiger partial charge on any atom is 0.238 e. The van der Waals surface area contributed by atoms with Crippen LogP contribution in [0, 0.1) is 0 Å². The molecule has 0 radical (unpaired) electrons. The molecule has 1 atom stereocenters. The molecule has 1 unspecified atom stereocenters. The van der Waals surface area contributed by atoms with Gasteiger partial charge in [0.05, 0.1) is 6.61 Å². The first kappa shape index (κ1) is 15.5. The molecule has 5 heteroatoms. The second-order valence-electron chi connectivity index (χ2n) is 4.30. The van der Waals surface area contributed by atoms with E-state index in [1.54, 1.807) is 7.11 Å². The second kappa shape index (κ2) is 8.50. The third-order valence-electron chi connectivity index (χ3n) is 2.61. The zero-order valence-corrected chi connectivity index (χ0v) is 11.5. The van der Waals surface area contributed by atoms with Gasteiger partial charge in [0.15, 0.2) is 0 Å². The zero-order chi connectivity index (χ0) is 14.1. The SMILES string of the molecule is CCCNC(COc1cccc(COC)c1)C(N)=O. The Labute approximate surface area is 114 Å². The van der Waals surface area contributed by atoms with Crippen molar-refractivity contribution in [2.24, 2.45) is 5.73 Å². The van der Waals surface area contributed by atoms with Gasteiger partial charge < -0.3 is 20.5 Å². The quantitative estimate of drug-likeness (QED) is 0.701. The van der Waals surface area contributed by atoms with Crippen LogP contribution in [0.15, 0.2) is 24.3 Å². The second-order valence-corrected chi connectivity index (χ2v) is 4.30. The van der Waals surface area contributed by atoms with Gasteiger partial charge in [0.2, 0.25) is 5.91 Å². The average Bonchev–Trinajstić information content (AvgIpc) is 2.39. The van der Waals surface area contributed by atoms with E-state index in [9.17, 15) is 4.79 Å². The lowest BCUT2D eigenvalue weighted by molar-refractivity contribution is -0.120. The normalized spacial score (nSPS) is 12.1. The van der Waals surface area contributed by atoms with Gasteiger partial charge >= 0.3 is 0 Å². The van der Waals surface area contributed by atoms with Gasteiger partial charge in [0, 0.05) is 7.11 Å². The predicted octanol–water partition coefficient (Wildman–Crippen LogP) is 1.07. The monoisotopic (exact) mass is 266 g/mol. The van der Waals surface area contributed by atoms with Gasteiger partial charge in [-0.15, -0.1) is 0 Å². The molecule has 0 fully saturated rings. The number of primary amides is 1. The van der Waals surface area contributed by atoms with Crippen molar-refractivity contribution in [2.75, 3.05) is 20.3 Å².